The molecule has 0 amide bonds. The van der Waals surface area contributed by atoms with E-state index in [4.69, 9.17) is 28.4 Å². The summed E-state index contributed by atoms with van der Waals surface area (Å²) in [4.78, 5) is 76.5. The van der Waals surface area contributed by atoms with E-state index in [1.165, 1.54) is 0 Å². The fourth-order valence-corrected chi connectivity index (χ4v) is 6.55. The first-order valence-electron chi connectivity index (χ1n) is 16.8. The van der Waals surface area contributed by atoms with Crippen LogP contribution in [0.25, 0.3) is 0 Å². The van der Waals surface area contributed by atoms with Crippen LogP contribution in [0, 0.1) is 0 Å². The summed E-state index contributed by atoms with van der Waals surface area (Å²) in [5.41, 5.74) is 0.851. The van der Waals surface area contributed by atoms with Crippen molar-refractivity contribution in [3.05, 3.63) is 89.5 Å². The SMILES string of the molecule is CC(C)(Br)C(=O)OCCOC(=O)c1ccc([S+](c2ccc(C(=O)OCCOC(=O)C(C)(C)Br)cc2)c2ccc(C(=O)OCCOC(=O)C(C)(C)Br)cc2)cc1. The monoisotopic (exact) mass is 971 g/mol. The normalized spacial score (nSPS) is 11.7. The van der Waals surface area contributed by atoms with Gasteiger partial charge in [-0.15, -0.1) is 0 Å². The van der Waals surface area contributed by atoms with Gasteiger partial charge < -0.3 is 28.4 Å². The second-order valence-electron chi connectivity index (χ2n) is 13.1. The molecule has 0 aliphatic rings. The molecule has 12 nitrogen and oxygen atoms in total. The molecule has 55 heavy (non-hydrogen) atoms. The van der Waals surface area contributed by atoms with Gasteiger partial charge >= 0.3 is 35.8 Å². The Morgan fingerprint density at radius 1 is 0.400 bits per heavy atom. The molecule has 0 unspecified atom stereocenters. The molecule has 0 spiro atoms. The Hall–Kier alpha value is -3.73. The molecule has 3 aromatic carbocycles. The van der Waals surface area contributed by atoms with Crippen LogP contribution in [0.1, 0.15) is 72.6 Å². The van der Waals surface area contributed by atoms with Crippen LogP contribution in [0.3, 0.4) is 0 Å². The van der Waals surface area contributed by atoms with Crippen LogP contribution in [-0.2, 0) is 53.7 Å². The summed E-state index contributed by atoms with van der Waals surface area (Å²) in [7, 11) is -0.783. The molecule has 0 fully saturated rings. The number of carbonyl (C=O) groups is 6. The summed E-state index contributed by atoms with van der Waals surface area (Å²) >= 11 is 9.66. The largest absolute Gasteiger partial charge is 0.461 e. The predicted molar refractivity (Wildman–Crippen MR) is 214 cm³/mol. The average molecular weight is 975 g/mol. The van der Waals surface area contributed by atoms with E-state index in [9.17, 15) is 28.8 Å². The summed E-state index contributed by atoms with van der Waals surface area (Å²) in [5, 5.41) is 0. The highest BCUT2D eigenvalue weighted by Crippen LogP contribution is 2.32. The number of esters is 6. The Kier molecular flexibility index (Phi) is 17.0. The lowest BCUT2D eigenvalue weighted by atomic mass is 10.2. The predicted octanol–water partition coefficient (Wildman–Crippen LogP) is 7.40. The molecule has 0 aliphatic heterocycles. The minimum atomic E-state index is -0.859. The number of carbonyl (C=O) groups excluding carboxylic acids is 6. The highest BCUT2D eigenvalue weighted by molar-refractivity contribution is 9.10. The smallest absolute Gasteiger partial charge is 0.338 e. The standard InChI is InChI=1S/C39H42Br3O12S/c1-37(2,40)34(46)52-22-19-49-31(43)25-7-13-28(14-8-25)55(29-15-9-26(10-16-29)32(44)50-20-23-53-35(47)38(3,4)41)30-17-11-27(12-18-30)33(45)51-21-24-54-36(48)39(5,6)42/h7-18H,19-24H2,1-6H3/q+1. The van der Waals surface area contributed by atoms with Crippen molar-refractivity contribution >= 4 is 94.5 Å². The number of ether oxygens (including phenoxy) is 6. The van der Waals surface area contributed by atoms with Crippen molar-refractivity contribution in [2.45, 2.75) is 69.2 Å². The molecule has 296 valence electrons. The van der Waals surface area contributed by atoms with Gasteiger partial charge in [-0.3, -0.25) is 14.4 Å². The maximum atomic E-state index is 12.7. The zero-order valence-corrected chi connectivity index (χ0v) is 36.7. The van der Waals surface area contributed by atoms with Gasteiger partial charge in [-0.25, -0.2) is 14.4 Å². The molecule has 0 N–H and O–H groups in total. The molecule has 0 atom stereocenters. The van der Waals surface area contributed by atoms with E-state index < -0.39 is 59.7 Å². The van der Waals surface area contributed by atoms with Crippen molar-refractivity contribution < 1.29 is 57.2 Å². The third-order valence-electron chi connectivity index (χ3n) is 7.08. The van der Waals surface area contributed by atoms with Crippen molar-refractivity contribution in [1.29, 1.82) is 0 Å². The lowest BCUT2D eigenvalue weighted by Gasteiger charge is -2.15. The van der Waals surface area contributed by atoms with E-state index in [0.29, 0.717) is 0 Å². The molecule has 0 bridgehead atoms. The molecular formula is C39H42Br3O12S+. The summed E-state index contributed by atoms with van der Waals surface area (Å²) in [6.07, 6.45) is 0. The van der Waals surface area contributed by atoms with Gasteiger partial charge in [-0.1, -0.05) is 47.8 Å². The van der Waals surface area contributed by atoms with E-state index in [1.54, 1.807) is 114 Å². The first-order valence-corrected chi connectivity index (χ1v) is 20.4. The summed E-state index contributed by atoms with van der Waals surface area (Å²) in [6.45, 7) is 9.23. The second-order valence-corrected chi connectivity index (χ2v) is 21.1. The number of rotatable bonds is 18. The van der Waals surface area contributed by atoms with Crippen LogP contribution in [-0.4, -0.2) is 88.4 Å². The van der Waals surface area contributed by atoms with Crippen molar-refractivity contribution in [2.24, 2.45) is 0 Å². The molecule has 0 radical (unpaired) electrons. The Balaban J connectivity index is 1.77. The molecule has 16 heteroatoms. The highest BCUT2D eigenvalue weighted by atomic mass is 79.9. The molecular weight excluding hydrogens is 932 g/mol. The third-order valence-corrected chi connectivity index (χ3v) is 10.3. The lowest BCUT2D eigenvalue weighted by molar-refractivity contribution is -0.147. The molecule has 0 heterocycles. The number of hydrogen-bond donors (Lipinski definition) is 0. The zero-order chi connectivity index (χ0) is 41.0. The van der Waals surface area contributed by atoms with Gasteiger partial charge in [0.15, 0.2) is 14.7 Å². The first-order chi connectivity index (χ1) is 25.7. The Morgan fingerprint density at radius 2 is 0.600 bits per heavy atom. The van der Waals surface area contributed by atoms with Crippen LogP contribution < -0.4 is 0 Å². The van der Waals surface area contributed by atoms with Crippen LogP contribution in [0.5, 0.6) is 0 Å². The summed E-state index contributed by atoms with van der Waals surface area (Å²) < 4.78 is 28.6. The maximum Gasteiger partial charge on any atom is 0.338 e. The van der Waals surface area contributed by atoms with Gasteiger partial charge in [0.2, 0.25) is 0 Å². The Labute approximate surface area is 348 Å². The van der Waals surface area contributed by atoms with Crippen molar-refractivity contribution in [1.82, 2.24) is 0 Å². The topological polar surface area (TPSA) is 158 Å². The second kappa shape index (κ2) is 20.4. The minimum Gasteiger partial charge on any atom is -0.461 e. The van der Waals surface area contributed by atoms with Gasteiger partial charge in [0, 0.05) is 0 Å². The Morgan fingerprint density at radius 3 is 0.800 bits per heavy atom. The van der Waals surface area contributed by atoms with Crippen LogP contribution in [0.15, 0.2) is 87.5 Å². The maximum absolute atomic E-state index is 12.7. The van der Waals surface area contributed by atoms with Crippen molar-refractivity contribution in [3.63, 3.8) is 0 Å². The van der Waals surface area contributed by atoms with Gasteiger partial charge in [-0.05, 0) is 114 Å². The molecule has 3 aromatic rings. The minimum absolute atomic E-state index is 0.0971. The Bertz CT molecular complexity index is 1600. The van der Waals surface area contributed by atoms with E-state index in [1.807, 2.05) is 0 Å². The van der Waals surface area contributed by atoms with Crippen molar-refractivity contribution in [2.75, 3.05) is 39.6 Å². The van der Waals surface area contributed by atoms with Gasteiger partial charge in [-0.2, -0.15) is 0 Å². The molecule has 0 saturated heterocycles. The number of hydrogen-bond acceptors (Lipinski definition) is 12. The average Bonchev–Trinajstić information content (AvgIpc) is 3.12. The first kappa shape index (κ1) is 45.7. The lowest BCUT2D eigenvalue weighted by Crippen LogP contribution is -2.28. The fourth-order valence-electron chi connectivity index (χ4n) is 4.16. The fraction of sp³-hybridized carbons (Fsp3) is 0.385. The van der Waals surface area contributed by atoms with E-state index in [-0.39, 0.29) is 56.3 Å². The quantitative estimate of drug-likeness (QED) is 0.0410. The van der Waals surface area contributed by atoms with E-state index in [0.717, 1.165) is 14.7 Å². The number of benzene rings is 3. The molecule has 3 rings (SSSR count). The van der Waals surface area contributed by atoms with Gasteiger partial charge in [0.25, 0.3) is 0 Å². The van der Waals surface area contributed by atoms with Gasteiger partial charge in [0.1, 0.15) is 52.6 Å². The van der Waals surface area contributed by atoms with Gasteiger partial charge in [0.05, 0.1) is 27.6 Å². The summed E-state index contributed by atoms with van der Waals surface area (Å²) in [5.74, 6) is -3.23. The summed E-state index contributed by atoms with van der Waals surface area (Å²) in [6, 6.07) is 20.4. The number of alkyl halides is 3. The van der Waals surface area contributed by atoms with Crippen LogP contribution in [0.4, 0.5) is 0 Å². The highest BCUT2D eigenvalue weighted by Gasteiger charge is 2.31. The van der Waals surface area contributed by atoms with Crippen molar-refractivity contribution in [3.8, 4) is 0 Å². The van der Waals surface area contributed by atoms with Crippen LogP contribution in [0.2, 0.25) is 0 Å². The van der Waals surface area contributed by atoms with E-state index in [2.05, 4.69) is 47.8 Å². The van der Waals surface area contributed by atoms with Crippen LogP contribution >= 0.6 is 47.8 Å². The third kappa shape index (κ3) is 14.7. The molecule has 0 aromatic heterocycles. The molecule has 0 aliphatic carbocycles. The number of halogens is 3. The zero-order valence-electron chi connectivity index (χ0n) is 31.1. The molecule has 0 saturated carbocycles. The van der Waals surface area contributed by atoms with E-state index >= 15 is 0 Å².